The van der Waals surface area contributed by atoms with E-state index in [1.54, 1.807) is 71.4 Å². The van der Waals surface area contributed by atoms with Crippen molar-refractivity contribution in [2.75, 3.05) is 21.9 Å². The van der Waals surface area contributed by atoms with Crippen LogP contribution in [0.3, 0.4) is 0 Å². The molecule has 0 radical (unpaired) electrons. The molecule has 1 aliphatic heterocycles. The number of anilines is 2. The molecule has 0 unspecified atom stereocenters. The fourth-order valence-corrected chi connectivity index (χ4v) is 5.18. The second-order valence-corrected chi connectivity index (χ2v) is 9.38. The number of nitrogens with one attached hydrogen (secondary N) is 1. The van der Waals surface area contributed by atoms with Gasteiger partial charge in [0.15, 0.2) is 5.76 Å². The minimum atomic E-state index is -3.81. The lowest BCUT2D eigenvalue weighted by Crippen LogP contribution is -2.29. The predicted octanol–water partition coefficient (Wildman–Crippen LogP) is 3.99. The molecule has 1 aromatic heterocycles. The Morgan fingerprint density at radius 1 is 1.17 bits per heavy atom. The van der Waals surface area contributed by atoms with Crippen molar-refractivity contribution in [1.82, 2.24) is 5.16 Å². The van der Waals surface area contributed by atoms with Crippen LogP contribution in [-0.4, -0.2) is 31.8 Å². The molecule has 2 heterocycles. The molecule has 1 N–H and O–H groups in total. The molecule has 0 bridgehead atoms. The molecule has 9 heteroatoms. The van der Waals surface area contributed by atoms with E-state index in [2.05, 4.69) is 9.88 Å². The molecule has 0 aliphatic carbocycles. The molecule has 4 rings (SSSR count). The molecule has 0 saturated heterocycles. The van der Waals surface area contributed by atoms with E-state index in [1.807, 2.05) is 0 Å². The number of amides is 1. The van der Waals surface area contributed by atoms with Crippen molar-refractivity contribution in [2.45, 2.75) is 23.1 Å². The lowest BCUT2D eigenvalue weighted by atomic mass is 10.1. The van der Waals surface area contributed by atoms with Gasteiger partial charge in [-0.1, -0.05) is 5.16 Å². The maximum absolute atomic E-state index is 12.9. The smallest absolute Gasteiger partial charge is 0.261 e. The van der Waals surface area contributed by atoms with Gasteiger partial charge in [0, 0.05) is 35.7 Å². The van der Waals surface area contributed by atoms with Gasteiger partial charge in [0.2, 0.25) is 5.91 Å². The summed E-state index contributed by atoms with van der Waals surface area (Å²) in [5, 5.41) is 3.66. The zero-order valence-corrected chi connectivity index (χ0v) is 17.3. The fourth-order valence-electron chi connectivity index (χ4n) is 3.13. The summed E-state index contributed by atoms with van der Waals surface area (Å²) in [6, 6.07) is 13.5. The third-order valence-electron chi connectivity index (χ3n) is 4.55. The highest BCUT2D eigenvalue weighted by Crippen LogP contribution is 2.36. The molecule has 29 heavy (non-hydrogen) atoms. The topological polar surface area (TPSA) is 92.5 Å². The number of rotatable bonds is 4. The largest absolute Gasteiger partial charge is 0.356 e. The third-order valence-corrected chi connectivity index (χ3v) is 7.08. The van der Waals surface area contributed by atoms with Crippen molar-refractivity contribution in [3.63, 3.8) is 0 Å². The zero-order chi connectivity index (χ0) is 20.4. The monoisotopic (exact) mass is 429 g/mol. The van der Waals surface area contributed by atoms with Crippen LogP contribution in [0.2, 0.25) is 0 Å². The van der Waals surface area contributed by atoms with Crippen molar-refractivity contribution in [2.24, 2.45) is 0 Å². The first-order chi connectivity index (χ1) is 13.9. The lowest BCUT2D eigenvalue weighted by Gasteiger charge is -2.21. The first kappa shape index (κ1) is 19.5. The Balaban J connectivity index is 1.61. The molecule has 0 saturated carbocycles. The number of nitrogens with zero attached hydrogens (tertiary/aromatic N) is 2. The van der Waals surface area contributed by atoms with Crippen LogP contribution in [0.15, 0.2) is 69.0 Å². The van der Waals surface area contributed by atoms with Crippen LogP contribution in [0.5, 0.6) is 0 Å². The maximum Gasteiger partial charge on any atom is 0.261 e. The van der Waals surface area contributed by atoms with E-state index in [1.165, 1.54) is 6.92 Å². The Labute approximate surface area is 173 Å². The van der Waals surface area contributed by atoms with E-state index in [4.69, 9.17) is 4.52 Å². The van der Waals surface area contributed by atoms with E-state index in [-0.39, 0.29) is 10.8 Å². The van der Waals surface area contributed by atoms with Crippen molar-refractivity contribution < 1.29 is 17.7 Å². The number of sulfonamides is 1. The second kappa shape index (κ2) is 7.92. The molecular formula is C20H19N3O4S2. The normalized spacial score (nSPS) is 14.2. The van der Waals surface area contributed by atoms with Gasteiger partial charge in [-0.3, -0.25) is 9.52 Å². The van der Waals surface area contributed by atoms with Crippen LogP contribution >= 0.6 is 11.8 Å². The Bertz CT molecular complexity index is 1130. The molecule has 2 aromatic carbocycles. The maximum atomic E-state index is 12.9. The van der Waals surface area contributed by atoms with Gasteiger partial charge in [-0.25, -0.2) is 8.42 Å². The van der Waals surface area contributed by atoms with Gasteiger partial charge in [0.1, 0.15) is 0 Å². The highest BCUT2D eigenvalue weighted by Gasteiger charge is 2.23. The van der Waals surface area contributed by atoms with Crippen LogP contribution in [0, 0.1) is 0 Å². The number of aromatic nitrogens is 1. The molecule has 1 amide bonds. The Hall–Kier alpha value is -2.78. The molecule has 150 valence electrons. The summed E-state index contributed by atoms with van der Waals surface area (Å²) in [5.41, 5.74) is 1.87. The van der Waals surface area contributed by atoms with E-state index in [9.17, 15) is 13.2 Å². The SMILES string of the molecule is CC(=O)N1CCCSc2ccc(S(=O)(=O)Nc3ccc(-c4ccno4)cc3)cc21. The number of benzene rings is 2. The van der Waals surface area contributed by atoms with Crippen molar-refractivity contribution in [1.29, 1.82) is 0 Å². The quantitative estimate of drug-likeness (QED) is 0.674. The summed E-state index contributed by atoms with van der Waals surface area (Å²) >= 11 is 1.63. The highest BCUT2D eigenvalue weighted by atomic mass is 32.2. The molecule has 1 aliphatic rings. The van der Waals surface area contributed by atoms with Gasteiger partial charge in [-0.15, -0.1) is 11.8 Å². The third kappa shape index (κ3) is 4.15. The molecule has 0 spiro atoms. The minimum absolute atomic E-state index is 0.0979. The number of thioether (sulfide) groups is 1. The fraction of sp³-hybridized carbons (Fsp3) is 0.200. The average Bonchev–Trinajstić information content (AvgIpc) is 3.14. The Morgan fingerprint density at radius 3 is 2.66 bits per heavy atom. The van der Waals surface area contributed by atoms with Gasteiger partial charge in [-0.05, 0) is 54.6 Å². The van der Waals surface area contributed by atoms with Crippen molar-refractivity contribution in [3.05, 3.63) is 54.7 Å². The highest BCUT2D eigenvalue weighted by molar-refractivity contribution is 7.99. The molecule has 0 atom stereocenters. The zero-order valence-electron chi connectivity index (χ0n) is 15.7. The lowest BCUT2D eigenvalue weighted by molar-refractivity contribution is -0.116. The number of hydrogen-bond acceptors (Lipinski definition) is 6. The number of carbonyl (C=O) groups is 1. The van der Waals surface area contributed by atoms with E-state index >= 15 is 0 Å². The van der Waals surface area contributed by atoms with Crippen LogP contribution in [0.1, 0.15) is 13.3 Å². The first-order valence-corrected chi connectivity index (χ1v) is 11.5. The van der Waals surface area contributed by atoms with Crippen LogP contribution in [0.25, 0.3) is 11.3 Å². The van der Waals surface area contributed by atoms with Gasteiger partial charge in [0.25, 0.3) is 10.0 Å². The Morgan fingerprint density at radius 2 is 1.97 bits per heavy atom. The number of carbonyl (C=O) groups excluding carboxylic acids is 1. The number of fused-ring (bicyclic) bond motifs is 1. The molecular weight excluding hydrogens is 410 g/mol. The average molecular weight is 430 g/mol. The Kier molecular flexibility index (Phi) is 5.33. The summed E-state index contributed by atoms with van der Waals surface area (Å²) in [6.07, 6.45) is 2.41. The summed E-state index contributed by atoms with van der Waals surface area (Å²) in [6.45, 7) is 2.07. The van der Waals surface area contributed by atoms with Gasteiger partial charge >= 0.3 is 0 Å². The summed E-state index contributed by atoms with van der Waals surface area (Å²) in [5.74, 6) is 1.39. The molecule has 3 aromatic rings. The summed E-state index contributed by atoms with van der Waals surface area (Å²) in [4.78, 5) is 14.7. The predicted molar refractivity (Wildman–Crippen MR) is 113 cm³/mol. The molecule has 0 fully saturated rings. The summed E-state index contributed by atoms with van der Waals surface area (Å²) in [7, 11) is -3.81. The van der Waals surface area contributed by atoms with Gasteiger partial charge in [0.05, 0.1) is 16.8 Å². The van der Waals surface area contributed by atoms with Crippen LogP contribution in [-0.2, 0) is 14.8 Å². The van der Waals surface area contributed by atoms with Crippen LogP contribution in [0.4, 0.5) is 11.4 Å². The van der Waals surface area contributed by atoms with Crippen molar-refractivity contribution >= 4 is 39.1 Å². The first-order valence-electron chi connectivity index (χ1n) is 9.03. The second-order valence-electron chi connectivity index (χ2n) is 6.56. The van der Waals surface area contributed by atoms with E-state index < -0.39 is 10.0 Å². The van der Waals surface area contributed by atoms with Gasteiger partial charge in [-0.2, -0.15) is 0 Å². The number of hydrogen-bond donors (Lipinski definition) is 1. The minimum Gasteiger partial charge on any atom is -0.356 e. The van der Waals surface area contributed by atoms with Crippen molar-refractivity contribution in [3.8, 4) is 11.3 Å². The van der Waals surface area contributed by atoms with E-state index in [0.29, 0.717) is 23.7 Å². The van der Waals surface area contributed by atoms with E-state index in [0.717, 1.165) is 22.6 Å². The van der Waals surface area contributed by atoms with Crippen LogP contribution < -0.4 is 9.62 Å². The standard InChI is InChI=1S/C20H19N3O4S2/c1-14(24)23-11-2-12-28-20-8-7-17(13-18(20)23)29(25,26)22-16-5-3-15(4-6-16)19-9-10-21-27-19/h3-10,13,22H,2,11-12H2,1H3. The van der Waals surface area contributed by atoms with Gasteiger partial charge < -0.3 is 9.42 Å². The molecule has 7 nitrogen and oxygen atoms in total. The summed E-state index contributed by atoms with van der Waals surface area (Å²) < 4.78 is 33.5.